The average Bonchev–Trinajstić information content (AvgIpc) is 3.93. The maximum absolute atomic E-state index is 14.0. The number of methoxy groups -OCH3 is 4. The lowest BCUT2D eigenvalue weighted by Gasteiger charge is -2.24. The third-order valence-electron chi connectivity index (χ3n) is 7.87. The van der Waals surface area contributed by atoms with Gasteiger partial charge in [0.05, 0.1) is 63.1 Å². The van der Waals surface area contributed by atoms with E-state index in [0.29, 0.717) is 51.7 Å². The number of hydrogen-bond donors (Lipinski definition) is 1. The largest absolute Gasteiger partial charge is 0.497 e. The van der Waals surface area contributed by atoms with Gasteiger partial charge in [-0.1, -0.05) is 42.1 Å². The molecule has 252 valence electrons. The van der Waals surface area contributed by atoms with Gasteiger partial charge in [0.25, 0.3) is 11.8 Å². The molecule has 0 saturated carbocycles. The minimum Gasteiger partial charge on any atom is -0.497 e. The highest BCUT2D eigenvalue weighted by Gasteiger charge is 2.36. The van der Waals surface area contributed by atoms with E-state index in [1.165, 1.54) is 16.8 Å². The fraction of sp³-hybridized carbons (Fsp3) is 0.229. The number of aromatic nitrogens is 3. The van der Waals surface area contributed by atoms with Crippen LogP contribution in [-0.4, -0.2) is 71.5 Å². The molecule has 0 bridgehead atoms. The van der Waals surface area contributed by atoms with Crippen molar-refractivity contribution in [3.05, 3.63) is 106 Å². The van der Waals surface area contributed by atoms with Gasteiger partial charge in [-0.3, -0.25) is 14.2 Å². The Morgan fingerprint density at radius 1 is 0.878 bits per heavy atom. The highest BCUT2D eigenvalue weighted by molar-refractivity contribution is 7.99. The Morgan fingerprint density at radius 2 is 1.65 bits per heavy atom. The maximum atomic E-state index is 14.0. The van der Waals surface area contributed by atoms with Gasteiger partial charge in [-0.05, 0) is 53.9 Å². The second kappa shape index (κ2) is 15.3. The molecule has 1 aliphatic rings. The van der Waals surface area contributed by atoms with E-state index < -0.39 is 6.04 Å². The molecule has 0 spiro atoms. The number of thioether (sulfide) groups is 1. The average molecular weight is 699 g/mol. The summed E-state index contributed by atoms with van der Waals surface area (Å²) in [6, 6.07) is 23.4. The first-order chi connectivity index (χ1) is 23.9. The van der Waals surface area contributed by atoms with Gasteiger partial charge in [0.1, 0.15) is 11.5 Å². The number of hydrazone groups is 1. The number of carbonyl (C=O) groups excluding carboxylic acids is 2. The number of nitrogens with one attached hydrogen (secondary N) is 1. The summed E-state index contributed by atoms with van der Waals surface area (Å²) in [6.07, 6.45) is 0.510. The van der Waals surface area contributed by atoms with E-state index in [0.717, 1.165) is 16.2 Å². The Balaban J connectivity index is 1.27. The molecule has 0 fully saturated rings. The molecule has 0 unspecified atom stereocenters. The van der Waals surface area contributed by atoms with Crippen LogP contribution in [0.1, 0.15) is 39.1 Å². The van der Waals surface area contributed by atoms with Gasteiger partial charge in [-0.2, -0.15) is 5.10 Å². The van der Waals surface area contributed by atoms with Gasteiger partial charge in [0.15, 0.2) is 22.5 Å². The van der Waals surface area contributed by atoms with Crippen molar-refractivity contribution in [1.29, 1.82) is 0 Å². The molecule has 14 heteroatoms. The van der Waals surface area contributed by atoms with Crippen LogP contribution in [0.3, 0.4) is 0 Å². The molecule has 0 aliphatic carbocycles. The molecule has 0 radical (unpaired) electrons. The lowest BCUT2D eigenvalue weighted by Crippen LogP contribution is -2.29. The first-order valence-corrected chi connectivity index (χ1v) is 17.1. The fourth-order valence-electron chi connectivity index (χ4n) is 5.51. The van der Waals surface area contributed by atoms with Crippen LogP contribution >= 0.6 is 23.1 Å². The number of ether oxygens (including phenoxy) is 4. The third-order valence-corrected chi connectivity index (χ3v) is 9.71. The molecule has 1 N–H and O–H groups in total. The van der Waals surface area contributed by atoms with Crippen LogP contribution in [0.5, 0.6) is 23.0 Å². The molecule has 3 aromatic carbocycles. The van der Waals surface area contributed by atoms with E-state index in [1.807, 2.05) is 60.0 Å². The highest BCUT2D eigenvalue weighted by Crippen LogP contribution is 2.42. The quantitative estimate of drug-likeness (QED) is 0.153. The summed E-state index contributed by atoms with van der Waals surface area (Å²) in [4.78, 5) is 28.0. The summed E-state index contributed by atoms with van der Waals surface area (Å²) in [5.41, 5.74) is 2.74. The summed E-state index contributed by atoms with van der Waals surface area (Å²) in [7, 11) is 6.31. The zero-order chi connectivity index (χ0) is 34.3. The van der Waals surface area contributed by atoms with Crippen LogP contribution in [0.15, 0.2) is 94.5 Å². The van der Waals surface area contributed by atoms with Crippen molar-refractivity contribution in [3.63, 3.8) is 0 Å². The molecule has 2 amide bonds. The van der Waals surface area contributed by atoms with Gasteiger partial charge in [0, 0.05) is 17.5 Å². The van der Waals surface area contributed by atoms with Crippen LogP contribution in [0, 0.1) is 0 Å². The monoisotopic (exact) mass is 698 g/mol. The number of nitrogens with zero attached hydrogens (tertiary/aromatic N) is 5. The minimum absolute atomic E-state index is 0.00942. The number of rotatable bonds is 13. The lowest BCUT2D eigenvalue weighted by atomic mass is 9.99. The summed E-state index contributed by atoms with van der Waals surface area (Å²) in [5.74, 6) is 2.32. The molecule has 0 saturated heterocycles. The fourth-order valence-corrected chi connectivity index (χ4v) is 7.05. The Morgan fingerprint density at radius 3 is 2.37 bits per heavy atom. The predicted octanol–water partition coefficient (Wildman–Crippen LogP) is 5.76. The van der Waals surface area contributed by atoms with Crippen LogP contribution in [0.25, 0.3) is 5.69 Å². The summed E-state index contributed by atoms with van der Waals surface area (Å²) < 4.78 is 23.9. The van der Waals surface area contributed by atoms with E-state index in [2.05, 4.69) is 15.5 Å². The van der Waals surface area contributed by atoms with Crippen LogP contribution in [-0.2, 0) is 11.3 Å². The van der Waals surface area contributed by atoms with E-state index in [4.69, 9.17) is 24.0 Å². The van der Waals surface area contributed by atoms with Crippen LogP contribution < -0.4 is 24.3 Å². The molecule has 2 aromatic heterocycles. The standard InChI is InChI=1S/C35H34N6O6S2/c1-44-23-16-14-22(15-17-23)34(43)36-20-31-37-38-35(40(31)26-10-5-6-11-28(26)45-2)49-21-32(42)41-27(19-25(39-41)30-13-8-18-48-30)24-9-7-12-29(46-3)33(24)47-4/h5-18,27H,19-21H2,1-4H3,(H,36,43)/t27-/m1/s1. The molecule has 12 nitrogen and oxygen atoms in total. The van der Waals surface area contributed by atoms with Crippen LogP contribution in [0.2, 0.25) is 0 Å². The zero-order valence-electron chi connectivity index (χ0n) is 27.3. The number of para-hydroxylation sites is 3. The summed E-state index contributed by atoms with van der Waals surface area (Å²) in [5, 5.41) is 20.5. The lowest BCUT2D eigenvalue weighted by molar-refractivity contribution is -0.130. The first-order valence-electron chi connectivity index (χ1n) is 15.2. The van der Waals surface area contributed by atoms with Crippen molar-refractivity contribution in [1.82, 2.24) is 25.1 Å². The van der Waals surface area contributed by atoms with Crippen molar-refractivity contribution in [2.75, 3.05) is 34.2 Å². The molecule has 1 aliphatic heterocycles. The van der Waals surface area contributed by atoms with Crippen LogP contribution in [0.4, 0.5) is 0 Å². The SMILES string of the molecule is COc1ccc(C(=O)NCc2nnc(SCC(=O)N3N=C(c4cccs4)C[C@@H]3c3cccc(OC)c3OC)n2-c2ccccc2OC)cc1. The van der Waals surface area contributed by atoms with Crippen molar-refractivity contribution >= 4 is 40.6 Å². The molecule has 1 atom stereocenters. The number of benzene rings is 3. The first kappa shape index (κ1) is 33.6. The van der Waals surface area contributed by atoms with Gasteiger partial charge in [-0.25, -0.2) is 5.01 Å². The van der Waals surface area contributed by atoms with E-state index in [1.54, 1.807) is 68.6 Å². The molecular formula is C35H34N6O6S2. The van der Waals surface area contributed by atoms with Gasteiger partial charge in [0.2, 0.25) is 0 Å². The van der Waals surface area contributed by atoms with E-state index in [9.17, 15) is 9.59 Å². The summed E-state index contributed by atoms with van der Waals surface area (Å²) >= 11 is 2.79. The molecule has 49 heavy (non-hydrogen) atoms. The second-order valence-electron chi connectivity index (χ2n) is 10.7. The topological polar surface area (TPSA) is 129 Å². The second-order valence-corrected chi connectivity index (χ2v) is 12.6. The van der Waals surface area contributed by atoms with E-state index in [-0.39, 0.29) is 24.1 Å². The number of hydrogen-bond acceptors (Lipinski definition) is 11. The predicted molar refractivity (Wildman–Crippen MR) is 187 cm³/mol. The highest BCUT2D eigenvalue weighted by atomic mass is 32.2. The van der Waals surface area contributed by atoms with Gasteiger partial charge >= 0.3 is 0 Å². The zero-order valence-corrected chi connectivity index (χ0v) is 28.9. The molecule has 3 heterocycles. The van der Waals surface area contributed by atoms with Gasteiger partial charge in [-0.15, -0.1) is 21.5 Å². The third kappa shape index (κ3) is 7.10. The summed E-state index contributed by atoms with van der Waals surface area (Å²) in [6.45, 7) is 0.0721. The number of thiophene rings is 1. The molecular weight excluding hydrogens is 665 g/mol. The van der Waals surface area contributed by atoms with Crippen molar-refractivity contribution in [2.45, 2.75) is 24.2 Å². The van der Waals surface area contributed by atoms with E-state index >= 15 is 0 Å². The minimum atomic E-state index is -0.411. The molecule has 5 aromatic rings. The van der Waals surface area contributed by atoms with Crippen molar-refractivity contribution in [2.24, 2.45) is 5.10 Å². The Hall–Kier alpha value is -5.34. The van der Waals surface area contributed by atoms with Crippen molar-refractivity contribution in [3.8, 4) is 28.7 Å². The number of carbonyl (C=O) groups is 2. The van der Waals surface area contributed by atoms with Crippen molar-refractivity contribution < 1.29 is 28.5 Å². The Kier molecular flexibility index (Phi) is 10.4. The normalized spacial score (nSPS) is 13.9. The molecule has 6 rings (SSSR count). The smallest absolute Gasteiger partial charge is 0.253 e. The van der Waals surface area contributed by atoms with Gasteiger partial charge < -0.3 is 24.3 Å². The maximum Gasteiger partial charge on any atom is 0.253 e. The number of amides is 2. The Labute approximate surface area is 291 Å². The Bertz CT molecular complexity index is 1960.